The number of nitrogens with zero attached hydrogens (tertiary/aromatic N) is 1. The van der Waals surface area contributed by atoms with Crippen LogP contribution in [0.1, 0.15) is 18.0 Å². The number of halogens is 1. The Morgan fingerprint density at radius 2 is 2.31 bits per heavy atom. The average Bonchev–Trinajstić information content (AvgIpc) is 2.09. The van der Waals surface area contributed by atoms with Crippen LogP contribution < -0.4 is 5.73 Å². The lowest BCUT2D eigenvalue weighted by atomic mass is 10.0. The van der Waals surface area contributed by atoms with Gasteiger partial charge >= 0.3 is 0 Å². The molecule has 3 nitrogen and oxygen atoms in total. The van der Waals surface area contributed by atoms with E-state index in [2.05, 4.69) is 0 Å². The fraction of sp³-hybridized carbons (Fsp3) is 0.222. The third-order valence-corrected chi connectivity index (χ3v) is 1.69. The zero-order valence-corrected chi connectivity index (χ0v) is 6.87. The first-order valence-corrected chi connectivity index (χ1v) is 3.76. The van der Waals surface area contributed by atoms with Crippen molar-refractivity contribution in [1.82, 2.24) is 0 Å². The molecule has 1 aromatic carbocycles. The summed E-state index contributed by atoms with van der Waals surface area (Å²) in [5.74, 6) is -0.551. The monoisotopic (exact) mass is 180 g/mol. The van der Waals surface area contributed by atoms with Gasteiger partial charge in [-0.3, -0.25) is 0 Å². The largest absolute Gasteiger partial charge is 0.508 e. The normalized spacial score (nSPS) is 12.1. The Morgan fingerprint density at radius 3 is 2.92 bits per heavy atom. The third kappa shape index (κ3) is 2.17. The van der Waals surface area contributed by atoms with Crippen molar-refractivity contribution in [3.05, 3.63) is 29.6 Å². The molecule has 0 heterocycles. The quantitative estimate of drug-likeness (QED) is 0.723. The maximum Gasteiger partial charge on any atom is 0.128 e. The van der Waals surface area contributed by atoms with Crippen molar-refractivity contribution in [2.24, 2.45) is 5.73 Å². The first-order valence-electron chi connectivity index (χ1n) is 3.76. The van der Waals surface area contributed by atoms with E-state index < -0.39 is 11.9 Å². The highest BCUT2D eigenvalue weighted by molar-refractivity contribution is 5.31. The van der Waals surface area contributed by atoms with Crippen molar-refractivity contribution in [3.63, 3.8) is 0 Å². The summed E-state index contributed by atoms with van der Waals surface area (Å²) in [5, 5.41) is 17.4. The molecular formula is C9H9FN2O. The molecular weight excluding hydrogens is 171 g/mol. The van der Waals surface area contributed by atoms with Gasteiger partial charge in [0.05, 0.1) is 12.5 Å². The van der Waals surface area contributed by atoms with Gasteiger partial charge in [0.2, 0.25) is 0 Å². The summed E-state index contributed by atoms with van der Waals surface area (Å²) in [4.78, 5) is 0. The van der Waals surface area contributed by atoms with E-state index in [-0.39, 0.29) is 17.7 Å². The zero-order valence-electron chi connectivity index (χ0n) is 6.87. The first-order chi connectivity index (χ1) is 6.15. The Morgan fingerprint density at radius 1 is 1.62 bits per heavy atom. The fourth-order valence-corrected chi connectivity index (χ4v) is 1.02. The number of hydrogen-bond donors (Lipinski definition) is 2. The van der Waals surface area contributed by atoms with E-state index in [0.717, 1.165) is 6.07 Å². The minimum atomic E-state index is -0.683. The molecule has 0 spiro atoms. The number of rotatable bonds is 2. The van der Waals surface area contributed by atoms with Crippen LogP contribution in [0, 0.1) is 17.1 Å². The maximum absolute atomic E-state index is 13.0. The highest BCUT2D eigenvalue weighted by Crippen LogP contribution is 2.21. The molecule has 0 fully saturated rings. The molecule has 1 unspecified atom stereocenters. The van der Waals surface area contributed by atoms with Gasteiger partial charge < -0.3 is 10.8 Å². The highest BCUT2D eigenvalue weighted by atomic mass is 19.1. The minimum absolute atomic E-state index is 0.0281. The predicted molar refractivity (Wildman–Crippen MR) is 45.2 cm³/mol. The summed E-state index contributed by atoms with van der Waals surface area (Å²) < 4.78 is 13.0. The Labute approximate surface area is 75.2 Å². The first kappa shape index (κ1) is 9.49. The Balaban J connectivity index is 3.00. The Kier molecular flexibility index (Phi) is 2.83. The van der Waals surface area contributed by atoms with Crippen molar-refractivity contribution in [2.45, 2.75) is 12.5 Å². The summed E-state index contributed by atoms with van der Waals surface area (Å²) in [6.45, 7) is 0. The maximum atomic E-state index is 13.0. The number of hydrogen-bond acceptors (Lipinski definition) is 3. The lowest BCUT2D eigenvalue weighted by Gasteiger charge is -2.08. The van der Waals surface area contributed by atoms with E-state index in [4.69, 9.17) is 16.1 Å². The van der Waals surface area contributed by atoms with Gasteiger partial charge in [-0.15, -0.1) is 0 Å². The van der Waals surface area contributed by atoms with Gasteiger partial charge in [0.1, 0.15) is 11.6 Å². The van der Waals surface area contributed by atoms with Crippen molar-refractivity contribution in [1.29, 1.82) is 5.26 Å². The molecule has 0 amide bonds. The van der Waals surface area contributed by atoms with Crippen LogP contribution in [0.25, 0.3) is 0 Å². The molecule has 0 radical (unpaired) electrons. The molecule has 4 heteroatoms. The van der Waals surface area contributed by atoms with Crippen LogP contribution in [0.5, 0.6) is 5.75 Å². The van der Waals surface area contributed by atoms with Crippen molar-refractivity contribution < 1.29 is 9.50 Å². The summed E-state index contributed by atoms with van der Waals surface area (Å²) in [6, 6.07) is 4.75. The highest BCUT2D eigenvalue weighted by Gasteiger charge is 2.11. The molecule has 3 N–H and O–H groups in total. The number of benzene rings is 1. The molecule has 0 aromatic heterocycles. The van der Waals surface area contributed by atoms with Crippen LogP contribution in [0.15, 0.2) is 18.2 Å². The smallest absolute Gasteiger partial charge is 0.128 e. The summed E-state index contributed by atoms with van der Waals surface area (Å²) in [7, 11) is 0. The molecule has 1 aromatic rings. The second kappa shape index (κ2) is 3.87. The molecule has 0 aliphatic rings. The van der Waals surface area contributed by atoms with Gasteiger partial charge in [-0.2, -0.15) is 5.26 Å². The number of nitrogens with two attached hydrogens (primary N) is 1. The van der Waals surface area contributed by atoms with Crippen LogP contribution in [0.2, 0.25) is 0 Å². The molecule has 0 bridgehead atoms. The number of phenolic OH excluding ortho intramolecular Hbond substituents is 1. The summed E-state index contributed by atoms with van der Waals surface area (Å²) >= 11 is 0. The molecule has 1 rings (SSSR count). The summed E-state index contributed by atoms with van der Waals surface area (Å²) in [5.41, 5.74) is 5.67. The molecule has 0 aliphatic heterocycles. The molecule has 13 heavy (non-hydrogen) atoms. The molecule has 0 saturated heterocycles. The van der Waals surface area contributed by atoms with Gasteiger partial charge in [-0.1, -0.05) is 0 Å². The zero-order chi connectivity index (χ0) is 9.84. The van der Waals surface area contributed by atoms with Crippen molar-refractivity contribution in [3.8, 4) is 11.8 Å². The Bertz CT molecular complexity index is 346. The number of nitriles is 1. The van der Waals surface area contributed by atoms with Crippen LogP contribution in [0.3, 0.4) is 0 Å². The van der Waals surface area contributed by atoms with E-state index in [0.29, 0.717) is 0 Å². The standard InChI is InChI=1S/C9H9FN2O/c10-8-2-1-6(13)5-7(8)9(12)3-4-11/h1-2,5,9,13H,3,12H2. The van der Waals surface area contributed by atoms with Gasteiger partial charge in [-0.05, 0) is 18.2 Å². The van der Waals surface area contributed by atoms with Crippen molar-refractivity contribution >= 4 is 0 Å². The lowest BCUT2D eigenvalue weighted by Crippen LogP contribution is -2.11. The van der Waals surface area contributed by atoms with Gasteiger partial charge in [0.25, 0.3) is 0 Å². The van der Waals surface area contributed by atoms with E-state index in [9.17, 15) is 4.39 Å². The predicted octanol–water partition coefficient (Wildman–Crippen LogP) is 1.44. The topological polar surface area (TPSA) is 70.0 Å². The lowest BCUT2D eigenvalue weighted by molar-refractivity contribution is 0.469. The van der Waals surface area contributed by atoms with E-state index in [1.165, 1.54) is 12.1 Å². The molecule has 68 valence electrons. The average molecular weight is 180 g/mol. The SMILES string of the molecule is N#CCC(N)c1cc(O)ccc1F. The minimum Gasteiger partial charge on any atom is -0.508 e. The molecule has 1 atom stereocenters. The Hall–Kier alpha value is -1.60. The number of aromatic hydroxyl groups is 1. The summed E-state index contributed by atoms with van der Waals surface area (Å²) in [6.07, 6.45) is 0.0281. The van der Waals surface area contributed by atoms with E-state index in [1.807, 2.05) is 6.07 Å². The van der Waals surface area contributed by atoms with Crippen LogP contribution in [-0.4, -0.2) is 5.11 Å². The second-order valence-corrected chi connectivity index (χ2v) is 2.67. The van der Waals surface area contributed by atoms with Crippen LogP contribution in [0.4, 0.5) is 4.39 Å². The van der Waals surface area contributed by atoms with E-state index in [1.54, 1.807) is 0 Å². The van der Waals surface area contributed by atoms with Crippen molar-refractivity contribution in [2.75, 3.05) is 0 Å². The third-order valence-electron chi connectivity index (χ3n) is 1.69. The van der Waals surface area contributed by atoms with E-state index >= 15 is 0 Å². The fourth-order valence-electron chi connectivity index (χ4n) is 1.02. The van der Waals surface area contributed by atoms with Crippen LogP contribution >= 0.6 is 0 Å². The van der Waals surface area contributed by atoms with Gasteiger partial charge in [0.15, 0.2) is 0 Å². The molecule has 0 saturated carbocycles. The number of phenols is 1. The van der Waals surface area contributed by atoms with Crippen LogP contribution in [-0.2, 0) is 0 Å². The van der Waals surface area contributed by atoms with Gasteiger partial charge in [-0.25, -0.2) is 4.39 Å². The second-order valence-electron chi connectivity index (χ2n) is 2.67. The molecule has 0 aliphatic carbocycles. The van der Waals surface area contributed by atoms with Gasteiger partial charge in [0, 0.05) is 11.6 Å².